The van der Waals surface area contributed by atoms with E-state index in [1.165, 1.54) is 77.0 Å². The topological polar surface area (TPSA) is 108 Å². The highest BCUT2D eigenvalue weighted by atomic mass is 31.2. The number of aliphatic hydroxyl groups excluding tert-OH is 1. The van der Waals surface area contributed by atoms with Crippen molar-refractivity contribution in [2.24, 2.45) is 0 Å². The number of rotatable bonds is 27. The molecule has 40 heavy (non-hydrogen) atoms. The van der Waals surface area contributed by atoms with Crippen LogP contribution in [0.5, 0.6) is 0 Å². The van der Waals surface area contributed by atoms with Crippen LogP contribution in [0.15, 0.2) is 24.3 Å². The van der Waals surface area contributed by atoms with E-state index < -0.39 is 26.6 Å². The van der Waals surface area contributed by atoms with E-state index in [1.807, 2.05) is 27.2 Å². The second-order valence-electron chi connectivity index (χ2n) is 11.8. The van der Waals surface area contributed by atoms with Gasteiger partial charge in [0.05, 0.1) is 39.9 Å². The van der Waals surface area contributed by atoms with Crippen LogP contribution in [0.2, 0.25) is 0 Å². The molecule has 0 aliphatic rings. The predicted molar refractivity (Wildman–Crippen MR) is 164 cm³/mol. The molecule has 0 aromatic carbocycles. The van der Waals surface area contributed by atoms with Gasteiger partial charge in [0, 0.05) is 6.42 Å². The van der Waals surface area contributed by atoms with Gasteiger partial charge < -0.3 is 28.8 Å². The van der Waals surface area contributed by atoms with E-state index in [0.29, 0.717) is 11.0 Å². The minimum absolute atomic E-state index is 0.00839. The second kappa shape index (κ2) is 24.6. The monoisotopic (exact) mass is 588 g/mol. The van der Waals surface area contributed by atoms with Gasteiger partial charge in [0.2, 0.25) is 5.91 Å². The molecule has 3 atom stereocenters. The molecule has 0 bridgehead atoms. The average Bonchev–Trinajstić information content (AvgIpc) is 2.89. The molecule has 0 fully saturated rings. The Hall–Kier alpha value is -1.02. The summed E-state index contributed by atoms with van der Waals surface area (Å²) in [6.07, 6.45) is 25.9. The van der Waals surface area contributed by atoms with Gasteiger partial charge in [-0.2, -0.15) is 0 Å². The largest absolute Gasteiger partial charge is 0.756 e. The molecule has 0 saturated heterocycles. The van der Waals surface area contributed by atoms with Gasteiger partial charge in [0.25, 0.3) is 7.82 Å². The first kappa shape index (κ1) is 39.0. The van der Waals surface area contributed by atoms with Crippen molar-refractivity contribution in [1.82, 2.24) is 5.32 Å². The summed E-state index contributed by atoms with van der Waals surface area (Å²) in [5, 5.41) is 13.2. The van der Waals surface area contributed by atoms with E-state index in [9.17, 15) is 19.4 Å². The number of nitrogens with one attached hydrogen (secondary N) is 1. The zero-order valence-corrected chi connectivity index (χ0v) is 27.2. The maximum atomic E-state index is 12.1. The van der Waals surface area contributed by atoms with Crippen molar-refractivity contribution in [3.8, 4) is 0 Å². The molecule has 0 aromatic heterocycles. The van der Waals surface area contributed by atoms with Crippen molar-refractivity contribution in [1.29, 1.82) is 0 Å². The summed E-state index contributed by atoms with van der Waals surface area (Å²) in [7, 11) is 1.23. The summed E-state index contributed by atoms with van der Waals surface area (Å²) >= 11 is 0. The molecule has 0 aromatic rings. The molecular formula is C31H61N2O6P. The lowest BCUT2D eigenvalue weighted by atomic mass is 10.0. The van der Waals surface area contributed by atoms with Gasteiger partial charge in [-0.25, -0.2) is 0 Å². The number of hydrogen-bond acceptors (Lipinski definition) is 6. The Labute approximate surface area is 245 Å². The minimum atomic E-state index is -4.55. The predicted octanol–water partition coefficient (Wildman–Crippen LogP) is 6.43. The molecule has 0 rings (SSSR count). The Morgan fingerprint density at radius 2 is 1.38 bits per heavy atom. The van der Waals surface area contributed by atoms with Crippen LogP contribution in [0.3, 0.4) is 0 Å². The number of quaternary nitrogens is 1. The van der Waals surface area contributed by atoms with Crippen molar-refractivity contribution >= 4 is 13.7 Å². The van der Waals surface area contributed by atoms with E-state index in [2.05, 4.69) is 24.4 Å². The summed E-state index contributed by atoms with van der Waals surface area (Å²) < 4.78 is 22.5. The van der Waals surface area contributed by atoms with Crippen LogP contribution < -0.4 is 10.2 Å². The second-order valence-corrected chi connectivity index (χ2v) is 13.2. The summed E-state index contributed by atoms with van der Waals surface area (Å²) in [4.78, 5) is 24.0. The molecule has 1 amide bonds. The highest BCUT2D eigenvalue weighted by molar-refractivity contribution is 7.45. The first-order chi connectivity index (χ1) is 19.0. The molecule has 8 nitrogen and oxygen atoms in total. The van der Waals surface area contributed by atoms with Gasteiger partial charge in [-0.05, 0) is 25.7 Å². The number of allylic oxidation sites excluding steroid dienone is 3. The number of unbranched alkanes of at least 4 members (excludes halogenated alkanes) is 13. The first-order valence-electron chi connectivity index (χ1n) is 15.7. The third-order valence-corrected chi connectivity index (χ3v) is 7.69. The van der Waals surface area contributed by atoms with Crippen molar-refractivity contribution in [3.05, 3.63) is 24.3 Å². The zero-order valence-electron chi connectivity index (χ0n) is 26.3. The van der Waals surface area contributed by atoms with Gasteiger partial charge in [-0.1, -0.05) is 109 Å². The lowest BCUT2D eigenvalue weighted by Gasteiger charge is -2.29. The minimum Gasteiger partial charge on any atom is -0.756 e. The van der Waals surface area contributed by atoms with E-state index in [1.54, 1.807) is 13.0 Å². The molecular weight excluding hydrogens is 527 g/mol. The Bertz CT molecular complexity index is 723. The number of hydrogen-bond donors (Lipinski definition) is 2. The molecule has 3 unspecified atom stereocenters. The van der Waals surface area contributed by atoms with Crippen molar-refractivity contribution in [3.63, 3.8) is 0 Å². The van der Waals surface area contributed by atoms with Crippen LogP contribution in [0, 0.1) is 0 Å². The smallest absolute Gasteiger partial charge is 0.268 e. The number of phosphoric acid groups is 1. The molecule has 2 N–H and O–H groups in total. The van der Waals surface area contributed by atoms with Gasteiger partial charge in [-0.15, -0.1) is 0 Å². The fourth-order valence-electron chi connectivity index (χ4n) is 4.07. The van der Waals surface area contributed by atoms with Gasteiger partial charge >= 0.3 is 0 Å². The summed E-state index contributed by atoms with van der Waals surface area (Å²) in [5.41, 5.74) is 0. The van der Waals surface area contributed by atoms with Gasteiger partial charge in [0.1, 0.15) is 13.2 Å². The molecule has 0 spiro atoms. The van der Waals surface area contributed by atoms with Crippen molar-refractivity contribution in [2.45, 2.75) is 129 Å². The molecule has 0 saturated carbocycles. The third kappa shape index (κ3) is 25.9. The van der Waals surface area contributed by atoms with Crippen LogP contribution in [0.25, 0.3) is 0 Å². The van der Waals surface area contributed by atoms with Crippen LogP contribution in [-0.4, -0.2) is 68.5 Å². The number of carbonyl (C=O) groups excluding carboxylic acids is 1. The van der Waals surface area contributed by atoms with Gasteiger partial charge in [0.15, 0.2) is 0 Å². The lowest BCUT2D eigenvalue weighted by Crippen LogP contribution is -2.45. The Kier molecular flexibility index (Phi) is 23.9. The van der Waals surface area contributed by atoms with Crippen LogP contribution in [0.4, 0.5) is 0 Å². The van der Waals surface area contributed by atoms with Crippen LogP contribution >= 0.6 is 7.82 Å². The summed E-state index contributed by atoms with van der Waals surface area (Å²) in [6.45, 7) is 4.03. The standard InChI is InChI=1S/C31H61N2O6P/c1-6-8-9-10-11-12-13-14-15-16-17-18-19-20-21-22-23-24-25-30(34)29(32-31(35)7-2)28-39-40(36,37)38-27-26-33(3,4)5/h20-21,24-25,29-30,34H,6-19,22-23,26-28H2,1-5H3,(H-,32,35,36,37)/b21-20+,25-24+. The number of aliphatic hydroxyl groups is 1. The van der Waals surface area contributed by atoms with Gasteiger partial charge in [-0.3, -0.25) is 9.36 Å². The molecule has 9 heteroatoms. The maximum Gasteiger partial charge on any atom is 0.268 e. The Morgan fingerprint density at radius 1 is 0.850 bits per heavy atom. The number of phosphoric ester groups is 1. The van der Waals surface area contributed by atoms with E-state index in [4.69, 9.17) is 9.05 Å². The quantitative estimate of drug-likeness (QED) is 0.0495. The number of likely N-dealkylation sites (N-methyl/N-ethyl adjacent to an activating group) is 1. The molecule has 236 valence electrons. The molecule has 0 radical (unpaired) electrons. The Balaban J connectivity index is 4.13. The van der Waals surface area contributed by atoms with Crippen molar-refractivity contribution < 1.29 is 32.9 Å². The SMILES string of the molecule is CCCCCCCCCCCCCC/C=C/CC/C=C/C(O)C(COP(=O)([O-])OCC[N+](C)(C)C)NC(=O)CC. The third-order valence-electron chi connectivity index (χ3n) is 6.73. The molecule has 0 heterocycles. The van der Waals surface area contributed by atoms with Crippen LogP contribution in [0.1, 0.15) is 117 Å². The average molecular weight is 589 g/mol. The lowest BCUT2D eigenvalue weighted by molar-refractivity contribution is -0.870. The van der Waals surface area contributed by atoms with Crippen LogP contribution in [-0.2, 0) is 18.4 Å². The zero-order chi connectivity index (χ0) is 30.1. The normalized spacial score (nSPS) is 15.5. The summed E-state index contributed by atoms with van der Waals surface area (Å²) in [5.74, 6) is -0.298. The number of carbonyl (C=O) groups is 1. The fourth-order valence-corrected chi connectivity index (χ4v) is 4.79. The maximum absolute atomic E-state index is 12.1. The van der Waals surface area contributed by atoms with Crippen molar-refractivity contribution in [2.75, 3.05) is 40.9 Å². The van der Waals surface area contributed by atoms with E-state index in [-0.39, 0.29) is 18.9 Å². The fraction of sp³-hybridized carbons (Fsp3) is 0.839. The molecule has 0 aliphatic heterocycles. The number of nitrogens with zero attached hydrogens (tertiary/aromatic N) is 1. The molecule has 0 aliphatic carbocycles. The van der Waals surface area contributed by atoms with E-state index in [0.717, 1.165) is 19.3 Å². The summed E-state index contributed by atoms with van der Waals surface area (Å²) in [6, 6.07) is -0.894. The highest BCUT2D eigenvalue weighted by Crippen LogP contribution is 2.38. The van der Waals surface area contributed by atoms with E-state index >= 15 is 0 Å². The first-order valence-corrected chi connectivity index (χ1v) is 17.2. The highest BCUT2D eigenvalue weighted by Gasteiger charge is 2.22. The Morgan fingerprint density at radius 3 is 1.93 bits per heavy atom. The number of amides is 1.